The first-order valence-electron chi connectivity index (χ1n) is 8.51. The molecule has 0 aliphatic heterocycles. The zero-order valence-corrected chi connectivity index (χ0v) is 13.1. The first kappa shape index (κ1) is 15.1. The number of anilines is 1. The van der Waals surface area contributed by atoms with Crippen LogP contribution in [0.5, 0.6) is 0 Å². The smallest absolute Gasteiger partial charge is 0.238 e. The van der Waals surface area contributed by atoms with Gasteiger partial charge in [-0.3, -0.25) is 4.79 Å². The van der Waals surface area contributed by atoms with Gasteiger partial charge in [0, 0.05) is 17.3 Å². The summed E-state index contributed by atoms with van der Waals surface area (Å²) in [5.41, 5.74) is 0.418. The molecule has 4 fully saturated rings. The van der Waals surface area contributed by atoms with Crippen LogP contribution in [0.2, 0.25) is 0 Å². The third kappa shape index (κ3) is 2.99. The van der Waals surface area contributed by atoms with Crippen LogP contribution < -0.4 is 10.6 Å². The molecule has 4 aliphatic carbocycles. The molecule has 4 aliphatic rings. The summed E-state index contributed by atoms with van der Waals surface area (Å²) in [4.78, 5) is 12.1. The van der Waals surface area contributed by atoms with E-state index in [-0.39, 0.29) is 18.0 Å². The minimum atomic E-state index is -0.947. The van der Waals surface area contributed by atoms with Crippen molar-refractivity contribution in [3.8, 4) is 0 Å². The van der Waals surface area contributed by atoms with E-state index in [2.05, 4.69) is 10.6 Å². The van der Waals surface area contributed by atoms with Crippen molar-refractivity contribution in [2.75, 3.05) is 11.9 Å². The second kappa shape index (κ2) is 5.55. The van der Waals surface area contributed by atoms with Crippen LogP contribution in [0.15, 0.2) is 18.2 Å². The van der Waals surface area contributed by atoms with Crippen LogP contribution in [0, 0.1) is 29.4 Å². The Morgan fingerprint density at radius 3 is 2.22 bits per heavy atom. The average molecular weight is 320 g/mol. The SMILES string of the molecule is O=C(CNC12CC3CC(CC(C3)C1)C2)Nc1ccc(F)c(F)c1. The Morgan fingerprint density at radius 1 is 1.04 bits per heavy atom. The number of halogens is 2. The molecule has 0 radical (unpaired) electrons. The van der Waals surface area contributed by atoms with Crippen molar-refractivity contribution < 1.29 is 13.6 Å². The van der Waals surface area contributed by atoms with Gasteiger partial charge in [-0.2, -0.15) is 0 Å². The molecule has 2 N–H and O–H groups in total. The predicted molar refractivity (Wildman–Crippen MR) is 83.9 cm³/mol. The second-order valence-corrected chi connectivity index (χ2v) is 7.73. The molecule has 124 valence electrons. The van der Waals surface area contributed by atoms with Crippen LogP contribution in [0.25, 0.3) is 0 Å². The summed E-state index contributed by atoms with van der Waals surface area (Å²) in [5.74, 6) is 0.410. The standard InChI is InChI=1S/C18H22F2N2O/c19-15-2-1-14(6-16(15)20)22-17(23)10-21-18-7-11-3-12(8-18)5-13(4-11)9-18/h1-2,6,11-13,21H,3-5,7-10H2,(H,22,23). The zero-order valence-electron chi connectivity index (χ0n) is 13.1. The number of carbonyl (C=O) groups excluding carboxylic acids is 1. The maximum atomic E-state index is 13.2. The Hall–Kier alpha value is -1.49. The summed E-state index contributed by atoms with van der Waals surface area (Å²) < 4.78 is 26.1. The third-order valence-corrected chi connectivity index (χ3v) is 5.87. The van der Waals surface area contributed by atoms with E-state index in [1.807, 2.05) is 0 Å². The lowest BCUT2D eigenvalue weighted by atomic mass is 9.53. The van der Waals surface area contributed by atoms with E-state index in [9.17, 15) is 13.6 Å². The monoisotopic (exact) mass is 320 g/mol. The molecule has 0 aromatic heterocycles. The van der Waals surface area contributed by atoms with Crippen LogP contribution in [0.4, 0.5) is 14.5 Å². The Balaban J connectivity index is 1.35. The van der Waals surface area contributed by atoms with Gasteiger partial charge in [-0.25, -0.2) is 8.78 Å². The van der Waals surface area contributed by atoms with Gasteiger partial charge >= 0.3 is 0 Å². The first-order valence-corrected chi connectivity index (χ1v) is 8.51. The Labute approximate surface area is 134 Å². The van der Waals surface area contributed by atoms with Crippen molar-refractivity contribution >= 4 is 11.6 Å². The number of rotatable bonds is 4. The number of benzene rings is 1. The highest BCUT2D eigenvalue weighted by atomic mass is 19.2. The minimum Gasteiger partial charge on any atom is -0.325 e. The van der Waals surface area contributed by atoms with Gasteiger partial charge in [0.05, 0.1) is 6.54 Å². The first-order chi connectivity index (χ1) is 11.0. The molecule has 5 rings (SSSR count). The highest BCUT2D eigenvalue weighted by Gasteiger charge is 2.50. The molecular weight excluding hydrogens is 298 g/mol. The van der Waals surface area contributed by atoms with Crippen LogP contribution in [0.1, 0.15) is 38.5 Å². The van der Waals surface area contributed by atoms with Gasteiger partial charge in [0.1, 0.15) is 0 Å². The van der Waals surface area contributed by atoms with E-state index < -0.39 is 11.6 Å². The Kier molecular flexibility index (Phi) is 3.63. The molecule has 0 saturated heterocycles. The normalized spacial score (nSPS) is 34.6. The van der Waals surface area contributed by atoms with Crippen molar-refractivity contribution in [3.05, 3.63) is 29.8 Å². The molecule has 0 spiro atoms. The fourth-order valence-corrected chi connectivity index (χ4v) is 5.37. The predicted octanol–water partition coefficient (Wildman–Crippen LogP) is 3.46. The van der Waals surface area contributed by atoms with Gasteiger partial charge in [0.2, 0.25) is 5.91 Å². The van der Waals surface area contributed by atoms with Gasteiger partial charge in [0.25, 0.3) is 0 Å². The number of carbonyl (C=O) groups is 1. The fourth-order valence-electron chi connectivity index (χ4n) is 5.37. The lowest BCUT2D eigenvalue weighted by Crippen LogP contribution is -2.59. The highest BCUT2D eigenvalue weighted by Crippen LogP contribution is 2.55. The van der Waals surface area contributed by atoms with Gasteiger partial charge < -0.3 is 10.6 Å². The summed E-state index contributed by atoms with van der Waals surface area (Å²) >= 11 is 0. The maximum Gasteiger partial charge on any atom is 0.238 e. The number of nitrogens with one attached hydrogen (secondary N) is 2. The Morgan fingerprint density at radius 2 is 1.65 bits per heavy atom. The van der Waals surface area contributed by atoms with E-state index in [1.54, 1.807) is 0 Å². The van der Waals surface area contributed by atoms with Gasteiger partial charge in [-0.15, -0.1) is 0 Å². The molecule has 0 atom stereocenters. The van der Waals surface area contributed by atoms with E-state index in [0.717, 1.165) is 29.9 Å². The molecule has 3 nitrogen and oxygen atoms in total. The summed E-state index contributed by atoms with van der Waals surface area (Å²) in [6, 6.07) is 3.41. The summed E-state index contributed by atoms with van der Waals surface area (Å²) in [5, 5.41) is 6.13. The van der Waals surface area contributed by atoms with Gasteiger partial charge in [-0.1, -0.05) is 0 Å². The number of hydrogen-bond donors (Lipinski definition) is 2. The van der Waals surface area contributed by atoms with Crippen molar-refractivity contribution in [2.45, 2.75) is 44.1 Å². The van der Waals surface area contributed by atoms with Crippen LogP contribution in [-0.4, -0.2) is 18.0 Å². The topological polar surface area (TPSA) is 41.1 Å². The largest absolute Gasteiger partial charge is 0.325 e. The molecule has 1 amide bonds. The average Bonchev–Trinajstić information content (AvgIpc) is 2.48. The third-order valence-electron chi connectivity index (χ3n) is 5.87. The van der Waals surface area contributed by atoms with Crippen LogP contribution in [-0.2, 0) is 4.79 Å². The van der Waals surface area contributed by atoms with Crippen molar-refractivity contribution in [1.82, 2.24) is 5.32 Å². The Bertz CT molecular complexity index is 596. The van der Waals surface area contributed by atoms with E-state index in [0.29, 0.717) is 5.69 Å². The molecule has 1 aromatic rings. The summed E-state index contributed by atoms with van der Waals surface area (Å²) in [7, 11) is 0. The van der Waals surface area contributed by atoms with Crippen molar-refractivity contribution in [2.24, 2.45) is 17.8 Å². The molecular formula is C18H22F2N2O. The maximum absolute atomic E-state index is 13.2. The number of hydrogen-bond acceptors (Lipinski definition) is 2. The lowest BCUT2D eigenvalue weighted by molar-refractivity contribution is -0.116. The molecule has 4 saturated carbocycles. The van der Waals surface area contributed by atoms with Gasteiger partial charge in [0.15, 0.2) is 11.6 Å². The summed E-state index contributed by atoms with van der Waals surface area (Å²) in [6.07, 6.45) is 7.62. The van der Waals surface area contributed by atoms with Crippen LogP contribution in [0.3, 0.4) is 0 Å². The highest BCUT2D eigenvalue weighted by molar-refractivity contribution is 5.92. The molecule has 23 heavy (non-hydrogen) atoms. The second-order valence-electron chi connectivity index (χ2n) is 7.73. The molecule has 0 unspecified atom stereocenters. The molecule has 5 heteroatoms. The molecule has 0 heterocycles. The minimum absolute atomic E-state index is 0.125. The molecule has 4 bridgehead atoms. The number of amides is 1. The van der Waals surface area contributed by atoms with Crippen LogP contribution >= 0.6 is 0 Å². The van der Waals surface area contributed by atoms with Gasteiger partial charge in [-0.05, 0) is 68.4 Å². The van der Waals surface area contributed by atoms with Crippen molar-refractivity contribution in [1.29, 1.82) is 0 Å². The lowest BCUT2D eigenvalue weighted by Gasteiger charge is -2.57. The molecule has 1 aromatic carbocycles. The van der Waals surface area contributed by atoms with E-state index >= 15 is 0 Å². The summed E-state index contributed by atoms with van der Waals surface area (Å²) in [6.45, 7) is 0.227. The van der Waals surface area contributed by atoms with E-state index in [4.69, 9.17) is 0 Å². The zero-order chi connectivity index (χ0) is 16.0. The van der Waals surface area contributed by atoms with E-state index in [1.165, 1.54) is 44.6 Å². The fraction of sp³-hybridized carbons (Fsp3) is 0.611. The van der Waals surface area contributed by atoms with Crippen molar-refractivity contribution in [3.63, 3.8) is 0 Å². The quantitative estimate of drug-likeness (QED) is 0.892.